The van der Waals surface area contributed by atoms with E-state index < -0.39 is 0 Å². The molecule has 0 radical (unpaired) electrons. The van der Waals surface area contributed by atoms with E-state index in [0.29, 0.717) is 36.0 Å². The minimum atomic E-state index is -0.288. The molecule has 0 heterocycles. The predicted molar refractivity (Wildman–Crippen MR) is 78.1 cm³/mol. The molecule has 1 aromatic rings. The van der Waals surface area contributed by atoms with Crippen LogP contribution in [0.1, 0.15) is 25.8 Å². The van der Waals surface area contributed by atoms with Gasteiger partial charge in [0.25, 0.3) is 0 Å². The third-order valence-corrected chi connectivity index (χ3v) is 2.96. The smallest absolute Gasteiger partial charge is 0.129 e. The summed E-state index contributed by atoms with van der Waals surface area (Å²) >= 11 is 5.74. The molecule has 0 aliphatic carbocycles. The van der Waals surface area contributed by atoms with Gasteiger partial charge in [0.1, 0.15) is 5.82 Å². The molecule has 1 rings (SSSR count). The molecule has 3 nitrogen and oxygen atoms in total. The third kappa shape index (κ3) is 6.03. The number of nitrogens with zero attached hydrogens (tertiary/aromatic N) is 1. The fraction of sp³-hybridized carbons (Fsp3) is 0.500. The predicted octanol–water partition coefficient (Wildman–Crippen LogP) is 3.26. The highest BCUT2D eigenvalue weighted by atomic mass is 35.5. The topological polar surface area (TPSA) is 53.1 Å². The maximum absolute atomic E-state index is 13.8. The molecular formula is C14H21ClFN3. The zero-order valence-corrected chi connectivity index (χ0v) is 12.2. The van der Waals surface area contributed by atoms with Gasteiger partial charge in [-0.1, -0.05) is 31.5 Å². The van der Waals surface area contributed by atoms with Gasteiger partial charge >= 0.3 is 0 Å². The van der Waals surface area contributed by atoms with E-state index in [4.69, 9.17) is 22.7 Å². The van der Waals surface area contributed by atoms with Crippen LogP contribution in [0.4, 0.5) is 4.39 Å². The lowest BCUT2D eigenvalue weighted by atomic mass is 10.1. The highest BCUT2D eigenvalue weighted by Gasteiger charge is 2.11. The average Bonchev–Trinajstić information content (AvgIpc) is 2.28. The van der Waals surface area contributed by atoms with Gasteiger partial charge in [0.05, 0.1) is 5.84 Å². The van der Waals surface area contributed by atoms with Crippen LogP contribution in [-0.2, 0) is 6.54 Å². The molecule has 0 atom stereocenters. The number of halogens is 2. The third-order valence-electron chi connectivity index (χ3n) is 2.73. The second kappa shape index (κ2) is 7.46. The Morgan fingerprint density at radius 2 is 2.16 bits per heavy atom. The molecule has 19 heavy (non-hydrogen) atoms. The van der Waals surface area contributed by atoms with Crippen molar-refractivity contribution in [1.82, 2.24) is 4.90 Å². The number of rotatable bonds is 7. The van der Waals surface area contributed by atoms with Gasteiger partial charge in [-0.2, -0.15) is 0 Å². The van der Waals surface area contributed by atoms with E-state index in [1.807, 2.05) is 0 Å². The van der Waals surface area contributed by atoms with Gasteiger partial charge in [-0.15, -0.1) is 0 Å². The van der Waals surface area contributed by atoms with Gasteiger partial charge < -0.3 is 5.73 Å². The molecule has 106 valence electrons. The van der Waals surface area contributed by atoms with Crippen LogP contribution in [0.25, 0.3) is 0 Å². The summed E-state index contributed by atoms with van der Waals surface area (Å²) in [7, 11) is 0. The Bertz CT molecular complexity index is 435. The molecule has 0 saturated carbocycles. The Kier molecular flexibility index (Phi) is 6.25. The summed E-state index contributed by atoms with van der Waals surface area (Å²) in [6, 6.07) is 4.73. The molecule has 0 fully saturated rings. The van der Waals surface area contributed by atoms with Crippen LogP contribution >= 0.6 is 11.6 Å². The Morgan fingerprint density at radius 3 is 2.68 bits per heavy atom. The summed E-state index contributed by atoms with van der Waals surface area (Å²) in [6.45, 7) is 6.23. The summed E-state index contributed by atoms with van der Waals surface area (Å²) in [5.41, 5.74) is 6.00. The highest BCUT2D eigenvalue weighted by Crippen LogP contribution is 2.17. The standard InChI is InChI=1S/C14H21ClFN3/c1-10(2)8-19(6-5-14(17)18)9-11-3-4-12(15)7-13(11)16/h3-4,7,10H,5-6,8-9H2,1-2H3,(H3,17,18). The second-order valence-electron chi connectivity index (χ2n) is 5.14. The molecule has 0 aliphatic heterocycles. The van der Waals surface area contributed by atoms with Crippen LogP contribution < -0.4 is 5.73 Å². The maximum atomic E-state index is 13.8. The molecule has 0 unspecified atom stereocenters. The molecule has 0 bridgehead atoms. The summed E-state index contributed by atoms with van der Waals surface area (Å²) < 4.78 is 13.8. The number of hydrogen-bond donors (Lipinski definition) is 2. The number of benzene rings is 1. The second-order valence-corrected chi connectivity index (χ2v) is 5.58. The van der Waals surface area contributed by atoms with Crippen LogP contribution in [0.2, 0.25) is 5.02 Å². The summed E-state index contributed by atoms with van der Waals surface area (Å²) in [6.07, 6.45) is 0.502. The van der Waals surface area contributed by atoms with Crippen LogP contribution in [-0.4, -0.2) is 23.8 Å². The van der Waals surface area contributed by atoms with Crippen molar-refractivity contribution >= 4 is 17.4 Å². The van der Waals surface area contributed by atoms with E-state index in [-0.39, 0.29) is 11.7 Å². The van der Waals surface area contributed by atoms with Gasteiger partial charge in [-0.25, -0.2) is 4.39 Å². The molecule has 0 amide bonds. The van der Waals surface area contributed by atoms with E-state index in [1.165, 1.54) is 6.07 Å². The van der Waals surface area contributed by atoms with Crippen molar-refractivity contribution in [3.05, 3.63) is 34.6 Å². The SMILES string of the molecule is CC(C)CN(CCC(=N)N)Cc1ccc(Cl)cc1F. The molecule has 1 aromatic carbocycles. The van der Waals surface area contributed by atoms with Crippen molar-refractivity contribution in [3.63, 3.8) is 0 Å². The molecule has 0 aliphatic rings. The van der Waals surface area contributed by atoms with Crippen LogP contribution in [0.15, 0.2) is 18.2 Å². The first-order valence-electron chi connectivity index (χ1n) is 6.37. The highest BCUT2D eigenvalue weighted by molar-refractivity contribution is 6.30. The minimum absolute atomic E-state index is 0.158. The van der Waals surface area contributed by atoms with Crippen molar-refractivity contribution < 1.29 is 4.39 Å². The lowest BCUT2D eigenvalue weighted by Gasteiger charge is -2.24. The van der Waals surface area contributed by atoms with E-state index in [2.05, 4.69) is 18.7 Å². The van der Waals surface area contributed by atoms with Gasteiger partial charge in [-0.3, -0.25) is 10.3 Å². The zero-order chi connectivity index (χ0) is 14.4. The van der Waals surface area contributed by atoms with Gasteiger partial charge in [0, 0.05) is 36.6 Å². The van der Waals surface area contributed by atoms with E-state index in [0.717, 1.165) is 6.54 Å². The van der Waals surface area contributed by atoms with Crippen molar-refractivity contribution in [2.75, 3.05) is 13.1 Å². The van der Waals surface area contributed by atoms with Crippen LogP contribution in [0.3, 0.4) is 0 Å². The fourth-order valence-electron chi connectivity index (χ4n) is 1.92. The van der Waals surface area contributed by atoms with Crippen molar-refractivity contribution in [2.24, 2.45) is 11.7 Å². The summed E-state index contributed by atoms with van der Waals surface area (Å²) in [5, 5.41) is 7.68. The quantitative estimate of drug-likeness (QED) is 0.597. The first-order valence-corrected chi connectivity index (χ1v) is 6.75. The Hall–Kier alpha value is -1.13. The first-order chi connectivity index (χ1) is 8.88. The average molecular weight is 286 g/mol. The Balaban J connectivity index is 2.72. The maximum Gasteiger partial charge on any atom is 0.129 e. The number of amidine groups is 1. The molecule has 5 heteroatoms. The molecule has 0 spiro atoms. The van der Waals surface area contributed by atoms with Gasteiger partial charge in [0.2, 0.25) is 0 Å². The van der Waals surface area contributed by atoms with Crippen LogP contribution in [0.5, 0.6) is 0 Å². The molecular weight excluding hydrogens is 265 g/mol. The monoisotopic (exact) mass is 285 g/mol. The number of nitrogens with one attached hydrogen (secondary N) is 1. The summed E-state index contributed by atoms with van der Waals surface area (Å²) in [5.74, 6) is 0.344. The molecule has 3 N–H and O–H groups in total. The zero-order valence-electron chi connectivity index (χ0n) is 11.4. The van der Waals surface area contributed by atoms with Crippen molar-refractivity contribution in [1.29, 1.82) is 5.41 Å². The first kappa shape index (κ1) is 15.9. The van der Waals surface area contributed by atoms with E-state index in [9.17, 15) is 4.39 Å². The van der Waals surface area contributed by atoms with Crippen molar-refractivity contribution in [2.45, 2.75) is 26.8 Å². The number of nitrogens with two attached hydrogens (primary N) is 1. The van der Waals surface area contributed by atoms with E-state index in [1.54, 1.807) is 12.1 Å². The Morgan fingerprint density at radius 1 is 1.47 bits per heavy atom. The molecule has 0 aromatic heterocycles. The molecule has 0 saturated heterocycles. The minimum Gasteiger partial charge on any atom is -0.388 e. The lowest BCUT2D eigenvalue weighted by molar-refractivity contribution is 0.239. The lowest BCUT2D eigenvalue weighted by Crippen LogP contribution is -2.31. The van der Waals surface area contributed by atoms with Crippen LogP contribution in [0, 0.1) is 17.1 Å². The largest absolute Gasteiger partial charge is 0.388 e. The normalized spacial score (nSPS) is 11.3. The van der Waals surface area contributed by atoms with Gasteiger partial charge in [-0.05, 0) is 18.1 Å². The summed E-state index contributed by atoms with van der Waals surface area (Å²) in [4.78, 5) is 2.11. The number of hydrogen-bond acceptors (Lipinski definition) is 2. The fourth-order valence-corrected chi connectivity index (χ4v) is 2.08. The van der Waals surface area contributed by atoms with E-state index >= 15 is 0 Å². The Labute approximate surface area is 119 Å². The van der Waals surface area contributed by atoms with Gasteiger partial charge in [0.15, 0.2) is 0 Å². The van der Waals surface area contributed by atoms with Crippen molar-refractivity contribution in [3.8, 4) is 0 Å².